The Balaban J connectivity index is 2.14. The first kappa shape index (κ1) is 13.5. The summed E-state index contributed by atoms with van der Waals surface area (Å²) in [6.45, 7) is 7.89. The Hall–Kier alpha value is -0.610. The van der Waals surface area contributed by atoms with E-state index in [4.69, 9.17) is 9.84 Å². The summed E-state index contributed by atoms with van der Waals surface area (Å²) in [5.74, 6) is -0.679. The van der Waals surface area contributed by atoms with Crippen molar-refractivity contribution < 1.29 is 14.6 Å². The van der Waals surface area contributed by atoms with Crippen LogP contribution >= 0.6 is 0 Å². The minimum Gasteiger partial charge on any atom is -0.481 e. The van der Waals surface area contributed by atoms with Gasteiger partial charge in [0.1, 0.15) is 0 Å². The van der Waals surface area contributed by atoms with E-state index in [1.165, 1.54) is 0 Å². The Bertz CT molecular complexity index is 232. The second kappa shape index (κ2) is 6.21. The highest BCUT2D eigenvalue weighted by Crippen LogP contribution is 2.29. The molecule has 16 heavy (non-hydrogen) atoms. The summed E-state index contributed by atoms with van der Waals surface area (Å²) < 4.78 is 5.48. The van der Waals surface area contributed by atoms with Crippen LogP contribution in [0.2, 0.25) is 0 Å². The molecule has 0 spiro atoms. The molecule has 1 N–H and O–H groups in total. The van der Waals surface area contributed by atoms with E-state index in [0.717, 1.165) is 45.6 Å². The molecule has 1 rings (SSSR count). The molecule has 0 aromatic heterocycles. The van der Waals surface area contributed by atoms with Crippen LogP contribution in [-0.4, -0.2) is 48.8 Å². The second-order valence-corrected chi connectivity index (χ2v) is 4.86. The van der Waals surface area contributed by atoms with Crippen molar-refractivity contribution in [3.8, 4) is 0 Å². The summed E-state index contributed by atoms with van der Waals surface area (Å²) >= 11 is 0. The average Bonchev–Trinajstić information content (AvgIpc) is 2.62. The molecule has 1 aliphatic rings. The lowest BCUT2D eigenvalue weighted by molar-refractivity contribution is -0.147. The summed E-state index contributed by atoms with van der Waals surface area (Å²) in [6.07, 6.45) is 3.00. The van der Waals surface area contributed by atoms with Crippen molar-refractivity contribution in [3.63, 3.8) is 0 Å². The molecule has 1 unspecified atom stereocenters. The van der Waals surface area contributed by atoms with E-state index in [1.807, 2.05) is 6.92 Å². The van der Waals surface area contributed by atoms with Gasteiger partial charge in [0.25, 0.3) is 0 Å². The molecule has 0 bridgehead atoms. The molecule has 1 atom stereocenters. The molecule has 0 radical (unpaired) electrons. The van der Waals surface area contributed by atoms with Gasteiger partial charge in [-0.2, -0.15) is 0 Å². The minimum absolute atomic E-state index is 0.552. The zero-order valence-corrected chi connectivity index (χ0v) is 10.4. The maximum atomic E-state index is 11.0. The molecule has 1 saturated heterocycles. The smallest absolute Gasteiger partial charge is 0.310 e. The molecule has 0 saturated carbocycles. The fourth-order valence-electron chi connectivity index (χ4n) is 1.96. The fraction of sp³-hybridized carbons (Fsp3) is 0.917. The SMILES string of the molecule is CCCCOCCN1CCC(C)(C(=O)O)C1. The van der Waals surface area contributed by atoms with Crippen molar-refractivity contribution >= 4 is 5.97 Å². The van der Waals surface area contributed by atoms with Gasteiger partial charge in [0.2, 0.25) is 0 Å². The second-order valence-electron chi connectivity index (χ2n) is 4.86. The first-order chi connectivity index (χ1) is 7.58. The van der Waals surface area contributed by atoms with E-state index in [1.54, 1.807) is 0 Å². The maximum Gasteiger partial charge on any atom is 0.310 e. The van der Waals surface area contributed by atoms with Gasteiger partial charge in [-0.05, 0) is 26.3 Å². The summed E-state index contributed by atoms with van der Waals surface area (Å²) in [4.78, 5) is 13.2. The molecule has 1 heterocycles. The van der Waals surface area contributed by atoms with Crippen LogP contribution < -0.4 is 0 Å². The van der Waals surface area contributed by atoms with Crippen molar-refractivity contribution in [2.24, 2.45) is 5.41 Å². The Morgan fingerprint density at radius 2 is 2.25 bits per heavy atom. The fourth-order valence-corrected chi connectivity index (χ4v) is 1.96. The molecule has 4 heteroatoms. The molecular weight excluding hydrogens is 206 g/mol. The van der Waals surface area contributed by atoms with Crippen LogP contribution in [0, 0.1) is 5.41 Å². The number of carboxylic acid groups (broad SMARTS) is 1. The van der Waals surface area contributed by atoms with Gasteiger partial charge in [-0.15, -0.1) is 0 Å². The van der Waals surface area contributed by atoms with Crippen LogP contribution in [0.1, 0.15) is 33.1 Å². The minimum atomic E-state index is -0.679. The number of carbonyl (C=O) groups is 1. The summed E-state index contributed by atoms with van der Waals surface area (Å²) in [6, 6.07) is 0. The van der Waals surface area contributed by atoms with Gasteiger partial charge in [0.15, 0.2) is 0 Å². The van der Waals surface area contributed by atoms with Crippen LogP contribution in [-0.2, 0) is 9.53 Å². The van der Waals surface area contributed by atoms with E-state index in [2.05, 4.69) is 11.8 Å². The number of likely N-dealkylation sites (tertiary alicyclic amines) is 1. The van der Waals surface area contributed by atoms with Crippen LogP contribution in [0.25, 0.3) is 0 Å². The van der Waals surface area contributed by atoms with E-state index in [-0.39, 0.29) is 0 Å². The predicted molar refractivity (Wildman–Crippen MR) is 62.5 cm³/mol. The topological polar surface area (TPSA) is 49.8 Å². The molecule has 94 valence electrons. The molecule has 0 aromatic carbocycles. The molecule has 1 fully saturated rings. The quantitative estimate of drug-likeness (QED) is 0.674. The van der Waals surface area contributed by atoms with Gasteiger partial charge >= 0.3 is 5.97 Å². The third kappa shape index (κ3) is 3.76. The zero-order valence-electron chi connectivity index (χ0n) is 10.4. The highest BCUT2D eigenvalue weighted by Gasteiger charge is 2.39. The molecule has 4 nitrogen and oxygen atoms in total. The van der Waals surface area contributed by atoms with Gasteiger partial charge in [0.05, 0.1) is 12.0 Å². The molecule has 0 aliphatic carbocycles. The lowest BCUT2D eigenvalue weighted by atomic mass is 9.90. The lowest BCUT2D eigenvalue weighted by Crippen LogP contribution is -2.33. The first-order valence-electron chi connectivity index (χ1n) is 6.12. The van der Waals surface area contributed by atoms with E-state index in [0.29, 0.717) is 6.54 Å². The van der Waals surface area contributed by atoms with Crippen molar-refractivity contribution in [1.29, 1.82) is 0 Å². The maximum absolute atomic E-state index is 11.0. The third-order valence-electron chi connectivity index (χ3n) is 3.26. The number of hydrogen-bond acceptors (Lipinski definition) is 3. The predicted octanol–water partition coefficient (Wildman–Crippen LogP) is 1.60. The number of ether oxygens (including phenoxy) is 1. The lowest BCUT2D eigenvalue weighted by Gasteiger charge is -2.19. The summed E-state index contributed by atoms with van der Waals surface area (Å²) in [7, 11) is 0. The van der Waals surface area contributed by atoms with Crippen LogP contribution in [0.15, 0.2) is 0 Å². The largest absolute Gasteiger partial charge is 0.481 e. The molecular formula is C12H23NO3. The van der Waals surface area contributed by atoms with E-state index >= 15 is 0 Å². The molecule has 0 aromatic rings. The van der Waals surface area contributed by atoms with Gasteiger partial charge in [-0.3, -0.25) is 9.69 Å². The van der Waals surface area contributed by atoms with Gasteiger partial charge < -0.3 is 9.84 Å². The first-order valence-corrected chi connectivity index (χ1v) is 6.12. The van der Waals surface area contributed by atoms with Gasteiger partial charge in [-0.1, -0.05) is 13.3 Å². The van der Waals surface area contributed by atoms with Gasteiger partial charge in [-0.25, -0.2) is 0 Å². The Morgan fingerprint density at radius 1 is 1.50 bits per heavy atom. The average molecular weight is 229 g/mol. The highest BCUT2D eigenvalue weighted by atomic mass is 16.5. The van der Waals surface area contributed by atoms with Crippen molar-refractivity contribution in [2.75, 3.05) is 32.8 Å². The van der Waals surface area contributed by atoms with Crippen molar-refractivity contribution in [1.82, 2.24) is 4.90 Å². The number of rotatable bonds is 7. The monoisotopic (exact) mass is 229 g/mol. The normalized spacial score (nSPS) is 26.1. The van der Waals surface area contributed by atoms with Crippen LogP contribution in [0.3, 0.4) is 0 Å². The van der Waals surface area contributed by atoms with E-state index < -0.39 is 11.4 Å². The molecule has 1 aliphatic heterocycles. The third-order valence-corrected chi connectivity index (χ3v) is 3.26. The Kier molecular flexibility index (Phi) is 5.22. The summed E-state index contributed by atoms with van der Waals surface area (Å²) in [5, 5.41) is 9.07. The van der Waals surface area contributed by atoms with Crippen molar-refractivity contribution in [2.45, 2.75) is 33.1 Å². The number of carboxylic acids is 1. The number of nitrogens with zero attached hydrogens (tertiary/aromatic N) is 1. The highest BCUT2D eigenvalue weighted by molar-refractivity contribution is 5.74. The number of aliphatic carboxylic acids is 1. The van der Waals surface area contributed by atoms with E-state index in [9.17, 15) is 4.79 Å². The zero-order chi connectivity index (χ0) is 12.0. The van der Waals surface area contributed by atoms with Crippen molar-refractivity contribution in [3.05, 3.63) is 0 Å². The number of hydrogen-bond donors (Lipinski definition) is 1. The molecule has 0 amide bonds. The Morgan fingerprint density at radius 3 is 2.81 bits per heavy atom. The van der Waals surface area contributed by atoms with Gasteiger partial charge in [0, 0.05) is 19.7 Å². The standard InChI is InChI=1S/C12H23NO3/c1-3-4-8-16-9-7-13-6-5-12(2,10-13)11(14)15/h3-10H2,1-2H3,(H,14,15). The van der Waals surface area contributed by atoms with Crippen LogP contribution in [0.4, 0.5) is 0 Å². The Labute approximate surface area is 97.6 Å². The van der Waals surface area contributed by atoms with Crippen LogP contribution in [0.5, 0.6) is 0 Å². The number of unbranched alkanes of at least 4 members (excludes halogenated alkanes) is 1. The summed E-state index contributed by atoms with van der Waals surface area (Å²) in [5.41, 5.74) is -0.552.